The Labute approximate surface area is 134 Å². The minimum Gasteiger partial charge on any atom is -0.481 e. The zero-order chi connectivity index (χ0) is 17.0. The summed E-state index contributed by atoms with van der Waals surface area (Å²) >= 11 is 0. The lowest BCUT2D eigenvalue weighted by atomic mass is 9.86. The van der Waals surface area contributed by atoms with E-state index in [1.165, 1.54) is 12.1 Å². The van der Waals surface area contributed by atoms with Crippen LogP contribution in [0, 0.1) is 31.5 Å². The number of hydrogen-bond acceptors (Lipinski definition) is 3. The average Bonchev–Trinajstić information content (AvgIpc) is 2.52. The maximum atomic E-state index is 13.6. The Morgan fingerprint density at radius 2 is 1.87 bits per heavy atom. The van der Waals surface area contributed by atoms with Crippen LogP contribution in [-0.4, -0.2) is 36.7 Å². The molecule has 1 saturated heterocycles. The van der Waals surface area contributed by atoms with Crippen LogP contribution < -0.4 is 5.32 Å². The van der Waals surface area contributed by atoms with E-state index in [0.29, 0.717) is 42.7 Å². The lowest BCUT2D eigenvalue weighted by Crippen LogP contribution is -2.39. The van der Waals surface area contributed by atoms with Gasteiger partial charge in [-0.25, -0.2) is 4.39 Å². The fourth-order valence-corrected chi connectivity index (χ4v) is 2.96. The predicted octanol–water partition coefficient (Wildman–Crippen LogP) is 2.30. The summed E-state index contributed by atoms with van der Waals surface area (Å²) < 4.78 is 18.9. The number of amides is 1. The molecule has 0 radical (unpaired) electrons. The van der Waals surface area contributed by atoms with Gasteiger partial charge in [0.2, 0.25) is 0 Å². The summed E-state index contributed by atoms with van der Waals surface area (Å²) in [4.78, 5) is 23.7. The summed E-state index contributed by atoms with van der Waals surface area (Å²) in [5, 5.41) is 12.1. The molecule has 0 aliphatic carbocycles. The highest BCUT2D eigenvalue weighted by Crippen LogP contribution is 2.24. The van der Waals surface area contributed by atoms with Gasteiger partial charge >= 0.3 is 5.97 Å². The number of rotatable bonds is 5. The number of aliphatic carboxylic acids is 1. The molecule has 1 fully saturated rings. The van der Waals surface area contributed by atoms with Crippen molar-refractivity contribution in [2.24, 2.45) is 11.8 Å². The Hall–Kier alpha value is -1.95. The van der Waals surface area contributed by atoms with Crippen molar-refractivity contribution in [1.29, 1.82) is 0 Å². The highest BCUT2D eigenvalue weighted by atomic mass is 19.1. The first kappa shape index (κ1) is 17.4. The van der Waals surface area contributed by atoms with E-state index in [0.717, 1.165) is 0 Å². The molecule has 1 aromatic rings. The number of carbonyl (C=O) groups excluding carboxylic acids is 1. The summed E-state index contributed by atoms with van der Waals surface area (Å²) in [6, 6.07) is 2.95. The van der Waals surface area contributed by atoms with Crippen LogP contribution in [0.3, 0.4) is 0 Å². The zero-order valence-corrected chi connectivity index (χ0v) is 13.4. The first-order chi connectivity index (χ1) is 10.9. The number of carboxylic acid groups (broad SMARTS) is 1. The fourth-order valence-electron chi connectivity index (χ4n) is 2.96. The molecule has 1 atom stereocenters. The number of carboxylic acids is 1. The lowest BCUT2D eigenvalue weighted by molar-refractivity contribution is -0.144. The molecule has 1 heterocycles. The first-order valence-electron chi connectivity index (χ1n) is 7.75. The van der Waals surface area contributed by atoms with Crippen LogP contribution in [0.2, 0.25) is 0 Å². The van der Waals surface area contributed by atoms with Gasteiger partial charge in [0.15, 0.2) is 0 Å². The summed E-state index contributed by atoms with van der Waals surface area (Å²) in [5.74, 6) is -2.26. The maximum Gasteiger partial charge on any atom is 0.308 e. The Bertz CT molecular complexity index is 573. The minimum atomic E-state index is -0.913. The third-order valence-corrected chi connectivity index (χ3v) is 4.33. The van der Waals surface area contributed by atoms with Crippen molar-refractivity contribution in [2.45, 2.75) is 26.7 Å². The molecule has 1 amide bonds. The monoisotopic (exact) mass is 323 g/mol. The van der Waals surface area contributed by atoms with Crippen molar-refractivity contribution in [3.8, 4) is 0 Å². The van der Waals surface area contributed by atoms with Crippen LogP contribution in [0.1, 0.15) is 34.3 Å². The van der Waals surface area contributed by atoms with Crippen LogP contribution in [0.25, 0.3) is 0 Å². The van der Waals surface area contributed by atoms with Crippen LogP contribution in [0.5, 0.6) is 0 Å². The molecule has 0 saturated carbocycles. The van der Waals surface area contributed by atoms with Gasteiger partial charge in [-0.2, -0.15) is 0 Å². The molecule has 1 aliphatic heterocycles. The second-order valence-corrected chi connectivity index (χ2v) is 6.03. The summed E-state index contributed by atoms with van der Waals surface area (Å²) in [6.07, 6.45) is 1.36. The van der Waals surface area contributed by atoms with Gasteiger partial charge in [0.05, 0.1) is 5.92 Å². The van der Waals surface area contributed by atoms with E-state index < -0.39 is 11.9 Å². The van der Waals surface area contributed by atoms with Crippen molar-refractivity contribution in [1.82, 2.24) is 5.32 Å². The van der Waals surface area contributed by atoms with Crippen molar-refractivity contribution in [3.63, 3.8) is 0 Å². The van der Waals surface area contributed by atoms with Gasteiger partial charge < -0.3 is 15.2 Å². The second-order valence-electron chi connectivity index (χ2n) is 6.03. The third kappa shape index (κ3) is 4.28. The molecule has 2 N–H and O–H groups in total. The molecule has 0 spiro atoms. The van der Waals surface area contributed by atoms with E-state index in [1.54, 1.807) is 13.8 Å². The molecule has 1 aliphatic rings. The average molecular weight is 323 g/mol. The lowest BCUT2D eigenvalue weighted by Gasteiger charge is -2.27. The number of benzene rings is 1. The van der Waals surface area contributed by atoms with Crippen LogP contribution in [0.15, 0.2) is 12.1 Å². The van der Waals surface area contributed by atoms with Gasteiger partial charge in [0.1, 0.15) is 5.82 Å². The van der Waals surface area contributed by atoms with E-state index in [1.807, 2.05) is 0 Å². The molecule has 6 heteroatoms. The normalized spacial score (nSPS) is 16.8. The number of ether oxygens (including phenoxy) is 1. The highest BCUT2D eigenvalue weighted by Gasteiger charge is 2.30. The Morgan fingerprint density at radius 1 is 1.30 bits per heavy atom. The van der Waals surface area contributed by atoms with E-state index in [4.69, 9.17) is 4.74 Å². The second kappa shape index (κ2) is 7.55. The molecule has 1 unspecified atom stereocenters. The van der Waals surface area contributed by atoms with Gasteiger partial charge in [0.25, 0.3) is 5.91 Å². The third-order valence-electron chi connectivity index (χ3n) is 4.33. The van der Waals surface area contributed by atoms with Gasteiger partial charge in [-0.05, 0) is 55.9 Å². The van der Waals surface area contributed by atoms with Crippen molar-refractivity contribution >= 4 is 11.9 Å². The van der Waals surface area contributed by atoms with Gasteiger partial charge in [-0.3, -0.25) is 9.59 Å². The maximum absolute atomic E-state index is 13.6. The quantitative estimate of drug-likeness (QED) is 0.872. The minimum absolute atomic E-state index is 0.00163. The largest absolute Gasteiger partial charge is 0.481 e. The summed E-state index contributed by atoms with van der Waals surface area (Å²) in [5.41, 5.74) is 1.14. The number of halogens is 1. The van der Waals surface area contributed by atoms with Crippen molar-refractivity contribution in [3.05, 3.63) is 34.6 Å². The first-order valence-corrected chi connectivity index (χ1v) is 7.75. The molecule has 126 valence electrons. The molecular formula is C17H22FNO4. The SMILES string of the molecule is Cc1cc(C(=O)NCC(C(=O)O)C2CCOCC2)cc(C)c1F. The highest BCUT2D eigenvalue weighted by molar-refractivity contribution is 5.94. The van der Waals surface area contributed by atoms with Gasteiger partial charge in [0, 0.05) is 25.3 Å². The van der Waals surface area contributed by atoms with Crippen LogP contribution in [-0.2, 0) is 9.53 Å². The molecule has 1 aromatic carbocycles. The molecule has 0 aromatic heterocycles. The van der Waals surface area contributed by atoms with E-state index in [2.05, 4.69) is 5.32 Å². The number of carbonyl (C=O) groups is 2. The Morgan fingerprint density at radius 3 is 2.39 bits per heavy atom. The van der Waals surface area contributed by atoms with Crippen molar-refractivity contribution < 1.29 is 23.8 Å². The number of nitrogens with one attached hydrogen (secondary N) is 1. The van der Waals surface area contributed by atoms with E-state index in [9.17, 15) is 19.1 Å². The molecule has 23 heavy (non-hydrogen) atoms. The smallest absolute Gasteiger partial charge is 0.308 e. The van der Waals surface area contributed by atoms with E-state index >= 15 is 0 Å². The van der Waals surface area contributed by atoms with Gasteiger partial charge in [-0.1, -0.05) is 0 Å². The standard InChI is InChI=1S/C17H22FNO4/c1-10-7-13(8-11(2)15(10)18)16(20)19-9-14(17(21)22)12-3-5-23-6-4-12/h7-8,12,14H,3-6,9H2,1-2H3,(H,19,20)(H,21,22). The molecule has 0 bridgehead atoms. The fraction of sp³-hybridized carbons (Fsp3) is 0.529. The Kier molecular flexibility index (Phi) is 5.71. The predicted molar refractivity (Wildman–Crippen MR) is 82.9 cm³/mol. The molecular weight excluding hydrogens is 301 g/mol. The van der Waals surface area contributed by atoms with E-state index in [-0.39, 0.29) is 24.2 Å². The molecule has 5 nitrogen and oxygen atoms in total. The summed E-state index contributed by atoms with van der Waals surface area (Å²) in [7, 11) is 0. The molecule has 2 rings (SSSR count). The number of hydrogen-bond donors (Lipinski definition) is 2. The Balaban J connectivity index is 2.02. The topological polar surface area (TPSA) is 75.6 Å². The zero-order valence-electron chi connectivity index (χ0n) is 13.4. The van der Waals surface area contributed by atoms with Crippen LogP contribution >= 0.6 is 0 Å². The van der Waals surface area contributed by atoms with Crippen LogP contribution in [0.4, 0.5) is 4.39 Å². The summed E-state index contributed by atoms with van der Waals surface area (Å²) in [6.45, 7) is 4.37. The van der Waals surface area contributed by atoms with Crippen molar-refractivity contribution in [2.75, 3.05) is 19.8 Å². The van der Waals surface area contributed by atoms with Gasteiger partial charge in [-0.15, -0.1) is 0 Å². The number of aryl methyl sites for hydroxylation is 2.